The van der Waals surface area contributed by atoms with Crippen LogP contribution >= 0.6 is 7.92 Å². The van der Waals surface area contributed by atoms with Crippen LogP contribution in [0, 0.1) is 0 Å². The molecule has 0 amide bonds. The molecule has 0 spiro atoms. The van der Waals surface area contributed by atoms with E-state index in [0.29, 0.717) is 28.1 Å². The lowest BCUT2D eigenvalue weighted by atomic mass is 9.89. The maximum atomic E-state index is 2.52. The maximum absolute atomic E-state index is 2.52. The maximum Gasteiger partial charge on any atom is -0.0134 e. The van der Waals surface area contributed by atoms with E-state index in [1.807, 2.05) is 0 Å². The van der Waals surface area contributed by atoms with Crippen molar-refractivity contribution in [2.75, 3.05) is 0 Å². The van der Waals surface area contributed by atoms with Crippen LogP contribution in [0.25, 0.3) is 0 Å². The summed E-state index contributed by atoms with van der Waals surface area (Å²) >= 11 is 0. The molecule has 0 heterocycles. The smallest absolute Gasteiger partial charge is 0.0134 e. The van der Waals surface area contributed by atoms with Crippen LogP contribution in [0.1, 0.15) is 118 Å². The molecule has 1 heteroatoms. The van der Waals surface area contributed by atoms with Gasteiger partial charge in [-0.15, -0.1) is 0 Å². The zero-order valence-electron chi connectivity index (χ0n) is 18.3. The first-order valence-corrected chi connectivity index (χ1v) is 11.0. The molecular formula is C23H41P. The van der Waals surface area contributed by atoms with E-state index < -0.39 is 0 Å². The Bertz CT molecular complexity index is 507. The summed E-state index contributed by atoms with van der Waals surface area (Å²) in [7, 11) is -0.276. The van der Waals surface area contributed by atoms with Gasteiger partial charge in [0.25, 0.3) is 0 Å². The van der Waals surface area contributed by atoms with E-state index in [1.54, 1.807) is 16.4 Å². The van der Waals surface area contributed by atoms with E-state index in [1.165, 1.54) is 5.56 Å². The van der Waals surface area contributed by atoms with Gasteiger partial charge in [0.15, 0.2) is 0 Å². The molecule has 0 fully saturated rings. The summed E-state index contributed by atoms with van der Waals surface area (Å²) < 4.78 is 0. The van der Waals surface area contributed by atoms with Gasteiger partial charge >= 0.3 is 0 Å². The first-order chi connectivity index (χ1) is 10.7. The first-order valence-electron chi connectivity index (χ1n) is 9.66. The predicted octanol–water partition coefficient (Wildman–Crippen LogP) is 7.76. The number of hydrogen-bond acceptors (Lipinski definition) is 0. The highest BCUT2D eigenvalue weighted by molar-refractivity contribution is 7.68. The van der Waals surface area contributed by atoms with E-state index >= 15 is 0 Å². The number of rotatable bonds is 4. The van der Waals surface area contributed by atoms with Gasteiger partial charge in [-0.2, -0.15) is 0 Å². The fourth-order valence-corrected chi connectivity index (χ4v) is 8.37. The van der Waals surface area contributed by atoms with Gasteiger partial charge in [-0.1, -0.05) is 103 Å². The minimum absolute atomic E-state index is 0.276. The zero-order chi connectivity index (χ0) is 19.0. The molecule has 1 aromatic rings. The second-order valence-electron chi connectivity index (χ2n) is 10.2. The third kappa shape index (κ3) is 4.85. The topological polar surface area (TPSA) is 0 Å². The third-order valence-electron chi connectivity index (χ3n) is 4.67. The summed E-state index contributed by atoms with van der Waals surface area (Å²) in [6.45, 7) is 28.7. The van der Waals surface area contributed by atoms with Crippen molar-refractivity contribution in [3.05, 3.63) is 28.8 Å². The van der Waals surface area contributed by atoms with Gasteiger partial charge in [-0.05, 0) is 50.1 Å². The molecular weight excluding hydrogens is 307 g/mol. The normalized spacial score (nSPS) is 13.7. The Balaban J connectivity index is 3.88. The molecule has 138 valence electrons. The van der Waals surface area contributed by atoms with Crippen molar-refractivity contribution in [2.45, 2.75) is 111 Å². The second kappa shape index (κ2) is 7.49. The van der Waals surface area contributed by atoms with Crippen molar-refractivity contribution < 1.29 is 0 Å². The monoisotopic (exact) mass is 348 g/mol. The summed E-state index contributed by atoms with van der Waals surface area (Å²) in [5, 5.41) is 2.31. The van der Waals surface area contributed by atoms with Crippen molar-refractivity contribution in [1.29, 1.82) is 0 Å². The minimum atomic E-state index is -0.276. The van der Waals surface area contributed by atoms with E-state index in [4.69, 9.17) is 0 Å². The SMILES string of the molecule is CC(C)c1cc(C(C)C)c(P(C(C)(C)C)C(C)(C)C)c(C(C)C)c1. The van der Waals surface area contributed by atoms with Gasteiger partial charge in [-0.25, -0.2) is 0 Å². The lowest BCUT2D eigenvalue weighted by Gasteiger charge is -2.44. The summed E-state index contributed by atoms with van der Waals surface area (Å²) in [6.07, 6.45) is 0. The standard InChI is InChI=1S/C23H41P/c1-15(2)18-13-19(16(3)4)21(20(14-18)17(5)6)24(22(7,8)9)23(10,11)12/h13-17H,1-12H3. The Morgan fingerprint density at radius 3 is 1.17 bits per heavy atom. The van der Waals surface area contributed by atoms with Gasteiger partial charge in [0.05, 0.1) is 0 Å². The molecule has 0 aliphatic heterocycles. The van der Waals surface area contributed by atoms with Gasteiger partial charge in [0.1, 0.15) is 0 Å². The Kier molecular flexibility index (Phi) is 6.77. The van der Waals surface area contributed by atoms with Crippen LogP contribution in [-0.4, -0.2) is 10.3 Å². The molecule has 24 heavy (non-hydrogen) atoms. The summed E-state index contributed by atoms with van der Waals surface area (Å²) in [5.41, 5.74) is 4.70. The van der Waals surface area contributed by atoms with Crippen molar-refractivity contribution in [1.82, 2.24) is 0 Å². The van der Waals surface area contributed by atoms with E-state index in [0.717, 1.165) is 0 Å². The van der Waals surface area contributed by atoms with Crippen LogP contribution in [0.2, 0.25) is 0 Å². The van der Waals surface area contributed by atoms with E-state index in [9.17, 15) is 0 Å². The van der Waals surface area contributed by atoms with E-state index in [-0.39, 0.29) is 7.92 Å². The molecule has 0 aliphatic rings. The molecule has 0 N–H and O–H groups in total. The van der Waals surface area contributed by atoms with Gasteiger partial charge in [0, 0.05) is 0 Å². The Labute approximate surface area is 153 Å². The Hall–Kier alpha value is -0.350. The van der Waals surface area contributed by atoms with Gasteiger partial charge in [-0.3, -0.25) is 0 Å². The second-order valence-corrected chi connectivity index (χ2v) is 14.0. The van der Waals surface area contributed by atoms with Crippen molar-refractivity contribution in [2.24, 2.45) is 0 Å². The quantitative estimate of drug-likeness (QED) is 0.488. The Morgan fingerprint density at radius 1 is 0.625 bits per heavy atom. The Morgan fingerprint density at radius 2 is 0.958 bits per heavy atom. The lowest BCUT2D eigenvalue weighted by molar-refractivity contribution is 0.711. The number of benzene rings is 1. The molecule has 0 atom stereocenters. The van der Waals surface area contributed by atoms with Crippen LogP contribution in [-0.2, 0) is 0 Å². The molecule has 0 bridgehead atoms. The third-order valence-corrected chi connectivity index (χ3v) is 8.31. The summed E-state index contributed by atoms with van der Waals surface area (Å²) in [6, 6.07) is 5.03. The molecule has 1 rings (SSSR count). The fourth-order valence-electron chi connectivity index (χ4n) is 3.85. The first kappa shape index (κ1) is 21.7. The average molecular weight is 349 g/mol. The highest BCUT2D eigenvalue weighted by atomic mass is 31.1. The number of hydrogen-bond donors (Lipinski definition) is 0. The molecule has 0 unspecified atom stereocenters. The van der Waals surface area contributed by atoms with Crippen LogP contribution in [0.15, 0.2) is 12.1 Å². The molecule has 0 aliphatic carbocycles. The van der Waals surface area contributed by atoms with Gasteiger partial charge in [0.2, 0.25) is 0 Å². The van der Waals surface area contributed by atoms with Crippen molar-refractivity contribution in [3.63, 3.8) is 0 Å². The fraction of sp³-hybridized carbons (Fsp3) is 0.739. The van der Waals surface area contributed by atoms with Crippen molar-refractivity contribution in [3.8, 4) is 0 Å². The average Bonchev–Trinajstić information content (AvgIpc) is 2.34. The molecule has 0 aromatic heterocycles. The minimum Gasteiger partial charge on any atom is -0.0637 e. The highest BCUT2D eigenvalue weighted by Gasteiger charge is 2.39. The van der Waals surface area contributed by atoms with Crippen LogP contribution in [0.4, 0.5) is 0 Å². The lowest BCUT2D eigenvalue weighted by Crippen LogP contribution is -2.35. The molecule has 0 saturated carbocycles. The predicted molar refractivity (Wildman–Crippen MR) is 115 cm³/mol. The molecule has 0 saturated heterocycles. The zero-order valence-corrected chi connectivity index (χ0v) is 19.2. The summed E-state index contributed by atoms with van der Waals surface area (Å²) in [4.78, 5) is 0. The van der Waals surface area contributed by atoms with Gasteiger partial charge < -0.3 is 0 Å². The van der Waals surface area contributed by atoms with Crippen LogP contribution in [0.5, 0.6) is 0 Å². The van der Waals surface area contributed by atoms with Crippen LogP contribution < -0.4 is 5.30 Å². The summed E-state index contributed by atoms with van der Waals surface area (Å²) in [5.74, 6) is 1.74. The molecule has 0 radical (unpaired) electrons. The molecule has 0 nitrogen and oxygen atoms in total. The largest absolute Gasteiger partial charge is 0.0637 e. The van der Waals surface area contributed by atoms with Crippen LogP contribution in [0.3, 0.4) is 0 Å². The molecule has 1 aromatic carbocycles. The highest BCUT2D eigenvalue weighted by Crippen LogP contribution is 2.60. The van der Waals surface area contributed by atoms with Crippen molar-refractivity contribution >= 4 is 13.2 Å². The van der Waals surface area contributed by atoms with E-state index in [2.05, 4.69) is 95.2 Å².